The fourth-order valence-electron chi connectivity index (χ4n) is 2.12. The second-order valence-corrected chi connectivity index (χ2v) is 5.04. The Labute approximate surface area is 121 Å². The molecule has 0 radical (unpaired) electrons. The number of aryl methyl sites for hydroxylation is 1. The van der Waals surface area contributed by atoms with Gasteiger partial charge in [-0.25, -0.2) is 8.78 Å². The van der Waals surface area contributed by atoms with Crippen LogP contribution < -0.4 is 11.3 Å². The van der Waals surface area contributed by atoms with Crippen molar-refractivity contribution in [1.82, 2.24) is 5.43 Å². The molecule has 0 spiro atoms. The van der Waals surface area contributed by atoms with Gasteiger partial charge in [0.1, 0.15) is 11.6 Å². The number of benzene rings is 2. The van der Waals surface area contributed by atoms with Crippen LogP contribution in [0.4, 0.5) is 8.78 Å². The largest absolute Gasteiger partial charge is 0.271 e. The number of nitrogens with two attached hydrogens (primary N) is 1. The third-order valence-electron chi connectivity index (χ3n) is 3.30. The van der Waals surface area contributed by atoms with Crippen molar-refractivity contribution in [2.75, 3.05) is 0 Å². The zero-order valence-electron chi connectivity index (χ0n) is 11.0. The van der Waals surface area contributed by atoms with E-state index < -0.39 is 17.7 Å². The highest BCUT2D eigenvalue weighted by Crippen LogP contribution is 2.26. The first-order chi connectivity index (χ1) is 9.52. The van der Waals surface area contributed by atoms with E-state index in [2.05, 4.69) is 5.43 Å². The molecule has 2 rings (SSSR count). The van der Waals surface area contributed by atoms with Crippen molar-refractivity contribution >= 4 is 11.6 Å². The molecule has 0 bridgehead atoms. The molecule has 20 heavy (non-hydrogen) atoms. The molecule has 106 valence electrons. The van der Waals surface area contributed by atoms with E-state index in [0.717, 1.165) is 23.3 Å². The van der Waals surface area contributed by atoms with Crippen molar-refractivity contribution in [3.63, 3.8) is 0 Å². The second-order valence-electron chi connectivity index (χ2n) is 4.64. The average Bonchev–Trinajstić information content (AvgIpc) is 2.42. The summed E-state index contributed by atoms with van der Waals surface area (Å²) in [5.41, 5.74) is 4.79. The number of hydrogen-bond donors (Lipinski definition) is 2. The molecule has 0 aromatic heterocycles. The molecule has 0 aliphatic carbocycles. The van der Waals surface area contributed by atoms with Gasteiger partial charge in [-0.3, -0.25) is 11.3 Å². The van der Waals surface area contributed by atoms with E-state index >= 15 is 0 Å². The van der Waals surface area contributed by atoms with Crippen molar-refractivity contribution in [2.45, 2.75) is 19.4 Å². The summed E-state index contributed by atoms with van der Waals surface area (Å²) in [6.07, 6.45) is 0.459. The first-order valence-electron chi connectivity index (χ1n) is 6.18. The van der Waals surface area contributed by atoms with Crippen LogP contribution in [0.15, 0.2) is 36.4 Å². The van der Waals surface area contributed by atoms with Gasteiger partial charge in [-0.05, 0) is 36.6 Å². The van der Waals surface area contributed by atoms with Crippen LogP contribution in [0.2, 0.25) is 5.02 Å². The lowest BCUT2D eigenvalue weighted by Crippen LogP contribution is -2.30. The summed E-state index contributed by atoms with van der Waals surface area (Å²) in [6, 6.07) is 9.24. The van der Waals surface area contributed by atoms with Crippen LogP contribution in [-0.2, 0) is 6.42 Å². The highest BCUT2D eigenvalue weighted by atomic mass is 35.5. The molecule has 0 amide bonds. The third-order valence-corrected chi connectivity index (χ3v) is 3.59. The van der Waals surface area contributed by atoms with Gasteiger partial charge >= 0.3 is 0 Å². The Morgan fingerprint density at radius 1 is 1.20 bits per heavy atom. The van der Waals surface area contributed by atoms with Crippen molar-refractivity contribution < 1.29 is 8.78 Å². The Hall–Kier alpha value is -1.49. The van der Waals surface area contributed by atoms with Crippen LogP contribution in [0.25, 0.3) is 0 Å². The topological polar surface area (TPSA) is 38.0 Å². The van der Waals surface area contributed by atoms with Crippen LogP contribution in [0.1, 0.15) is 22.7 Å². The number of hydrogen-bond acceptors (Lipinski definition) is 2. The van der Waals surface area contributed by atoms with E-state index in [1.54, 1.807) is 0 Å². The Morgan fingerprint density at radius 2 is 1.90 bits per heavy atom. The summed E-state index contributed by atoms with van der Waals surface area (Å²) >= 11 is 5.55. The SMILES string of the molecule is Cc1ccccc1CC(NN)c1cc(F)c(Cl)cc1F. The predicted octanol–water partition coefficient (Wildman–Crippen LogP) is 3.67. The molecule has 1 unspecified atom stereocenters. The molecule has 2 aromatic carbocycles. The fraction of sp³-hybridized carbons (Fsp3) is 0.200. The highest BCUT2D eigenvalue weighted by molar-refractivity contribution is 6.30. The Balaban J connectivity index is 2.34. The molecule has 1 atom stereocenters. The maximum absolute atomic E-state index is 13.9. The Kier molecular flexibility index (Phi) is 4.70. The van der Waals surface area contributed by atoms with E-state index in [1.165, 1.54) is 0 Å². The minimum Gasteiger partial charge on any atom is -0.271 e. The van der Waals surface area contributed by atoms with Gasteiger partial charge in [-0.1, -0.05) is 35.9 Å². The van der Waals surface area contributed by atoms with Crippen molar-refractivity contribution in [3.05, 3.63) is 69.7 Å². The molecular formula is C15H15ClF2N2. The molecule has 0 fully saturated rings. The Morgan fingerprint density at radius 3 is 2.55 bits per heavy atom. The zero-order chi connectivity index (χ0) is 14.7. The van der Waals surface area contributed by atoms with Gasteiger partial charge in [-0.2, -0.15) is 0 Å². The van der Waals surface area contributed by atoms with Crippen LogP contribution in [0.3, 0.4) is 0 Å². The van der Waals surface area contributed by atoms with Gasteiger partial charge in [0.05, 0.1) is 11.1 Å². The van der Waals surface area contributed by atoms with Crippen molar-refractivity contribution in [3.8, 4) is 0 Å². The van der Waals surface area contributed by atoms with E-state index in [4.69, 9.17) is 17.4 Å². The quantitative estimate of drug-likeness (QED) is 0.513. The van der Waals surface area contributed by atoms with Crippen LogP contribution in [0, 0.1) is 18.6 Å². The van der Waals surface area contributed by atoms with Gasteiger partial charge < -0.3 is 0 Å². The van der Waals surface area contributed by atoms with Crippen LogP contribution in [0.5, 0.6) is 0 Å². The van der Waals surface area contributed by atoms with E-state index in [1.807, 2.05) is 31.2 Å². The number of halogens is 3. The summed E-state index contributed by atoms with van der Waals surface area (Å²) in [5, 5.41) is -0.238. The van der Waals surface area contributed by atoms with Crippen molar-refractivity contribution in [1.29, 1.82) is 0 Å². The van der Waals surface area contributed by atoms with Crippen LogP contribution >= 0.6 is 11.6 Å². The van der Waals surface area contributed by atoms with Gasteiger partial charge in [0.25, 0.3) is 0 Å². The minimum absolute atomic E-state index is 0.164. The molecule has 0 aliphatic heterocycles. The zero-order valence-corrected chi connectivity index (χ0v) is 11.7. The minimum atomic E-state index is -0.659. The average molecular weight is 297 g/mol. The fourth-order valence-corrected chi connectivity index (χ4v) is 2.27. The van der Waals surface area contributed by atoms with E-state index in [-0.39, 0.29) is 10.6 Å². The highest BCUT2D eigenvalue weighted by Gasteiger charge is 2.18. The maximum atomic E-state index is 13.9. The number of nitrogens with one attached hydrogen (secondary N) is 1. The van der Waals surface area contributed by atoms with E-state index in [9.17, 15) is 8.78 Å². The van der Waals surface area contributed by atoms with Crippen molar-refractivity contribution in [2.24, 2.45) is 5.84 Å². The van der Waals surface area contributed by atoms with E-state index in [0.29, 0.717) is 6.42 Å². The molecule has 2 nitrogen and oxygen atoms in total. The molecule has 0 aliphatic rings. The maximum Gasteiger partial charge on any atom is 0.142 e. The van der Waals surface area contributed by atoms with Gasteiger partial charge in [0, 0.05) is 5.56 Å². The molecule has 0 saturated carbocycles. The van der Waals surface area contributed by atoms with Gasteiger partial charge in [0.15, 0.2) is 0 Å². The lowest BCUT2D eigenvalue weighted by Gasteiger charge is -2.18. The summed E-state index contributed by atoms with van der Waals surface area (Å²) in [7, 11) is 0. The van der Waals surface area contributed by atoms with Crippen LogP contribution in [-0.4, -0.2) is 0 Å². The summed E-state index contributed by atoms with van der Waals surface area (Å²) < 4.78 is 27.4. The monoisotopic (exact) mass is 296 g/mol. The first kappa shape index (κ1) is 14.9. The molecule has 2 aromatic rings. The van der Waals surface area contributed by atoms with Gasteiger partial charge in [-0.15, -0.1) is 0 Å². The third kappa shape index (κ3) is 3.15. The predicted molar refractivity (Wildman–Crippen MR) is 76.3 cm³/mol. The molecule has 0 heterocycles. The molecule has 5 heteroatoms. The summed E-state index contributed by atoms with van der Waals surface area (Å²) in [5.74, 6) is 4.25. The molecule has 3 N–H and O–H groups in total. The standard InChI is InChI=1S/C15H15ClF2N2/c1-9-4-2-3-5-10(9)6-15(20-19)11-7-14(18)12(16)8-13(11)17/h2-5,7-8,15,20H,6,19H2,1H3. The first-order valence-corrected chi connectivity index (χ1v) is 6.55. The summed E-state index contributed by atoms with van der Waals surface area (Å²) in [4.78, 5) is 0. The lowest BCUT2D eigenvalue weighted by atomic mass is 9.96. The lowest BCUT2D eigenvalue weighted by molar-refractivity contribution is 0.502. The molecular weight excluding hydrogens is 282 g/mol. The molecule has 0 saturated heterocycles. The number of rotatable bonds is 4. The normalized spacial score (nSPS) is 12.4. The summed E-state index contributed by atoms with van der Waals surface area (Å²) in [6.45, 7) is 1.96. The second kappa shape index (κ2) is 6.31. The number of hydrazine groups is 1. The van der Waals surface area contributed by atoms with Gasteiger partial charge in [0.2, 0.25) is 0 Å². The Bertz CT molecular complexity index is 617. The smallest absolute Gasteiger partial charge is 0.142 e.